The normalized spacial score (nSPS) is 22.4. The number of aliphatic hydroxyl groups is 1. The predicted octanol–water partition coefficient (Wildman–Crippen LogP) is -0.660. The van der Waals surface area contributed by atoms with Gasteiger partial charge in [0.15, 0.2) is 15.9 Å². The van der Waals surface area contributed by atoms with Crippen LogP contribution < -0.4 is 5.32 Å². The van der Waals surface area contributed by atoms with Crippen LogP contribution in [-0.2, 0) is 14.6 Å². The second kappa shape index (κ2) is 7.32. The molecule has 1 saturated heterocycles. The van der Waals surface area contributed by atoms with Crippen LogP contribution in [0.5, 0.6) is 0 Å². The van der Waals surface area contributed by atoms with E-state index < -0.39 is 39.4 Å². The highest BCUT2D eigenvalue weighted by molar-refractivity contribution is 8.01. The molecule has 0 aliphatic carbocycles. The first-order valence-corrected chi connectivity index (χ1v) is 9.35. The Morgan fingerprint density at radius 2 is 2.10 bits per heavy atom. The summed E-state index contributed by atoms with van der Waals surface area (Å²) in [7, 11) is -3.46. The summed E-state index contributed by atoms with van der Waals surface area (Å²) in [6, 6.07) is -2.26. The van der Waals surface area contributed by atoms with Crippen LogP contribution in [0.4, 0.5) is 4.79 Å². The molecule has 21 heavy (non-hydrogen) atoms. The summed E-state index contributed by atoms with van der Waals surface area (Å²) in [6.07, 6.45) is -1.29. The maximum Gasteiger partial charge on any atom is 0.328 e. The number of urea groups is 1. The van der Waals surface area contributed by atoms with Gasteiger partial charge >= 0.3 is 12.0 Å². The van der Waals surface area contributed by atoms with E-state index >= 15 is 0 Å². The smallest absolute Gasteiger partial charge is 0.328 e. The molecule has 0 aromatic rings. The van der Waals surface area contributed by atoms with Gasteiger partial charge in [-0.25, -0.2) is 18.0 Å². The van der Waals surface area contributed by atoms with Gasteiger partial charge in [0.1, 0.15) is 5.37 Å². The molecular formula is C11H20N2O6S2. The van der Waals surface area contributed by atoms with E-state index in [1.165, 1.54) is 25.6 Å². The molecule has 2 amide bonds. The van der Waals surface area contributed by atoms with Crippen molar-refractivity contribution >= 4 is 33.6 Å². The van der Waals surface area contributed by atoms with E-state index in [1.54, 1.807) is 0 Å². The van der Waals surface area contributed by atoms with Crippen LogP contribution >= 0.6 is 11.8 Å². The number of carboxylic acids is 1. The molecule has 1 unspecified atom stereocenters. The molecular weight excluding hydrogens is 320 g/mol. The molecule has 3 N–H and O–H groups in total. The van der Waals surface area contributed by atoms with Crippen molar-refractivity contribution in [3.05, 3.63) is 0 Å². The number of carbonyl (C=O) groups excluding carboxylic acids is 1. The molecule has 0 bridgehead atoms. The lowest BCUT2D eigenvalue weighted by molar-refractivity contribution is -0.141. The van der Waals surface area contributed by atoms with Crippen molar-refractivity contribution in [2.75, 3.05) is 23.8 Å². The number of aliphatic hydroxyl groups excluding tert-OH is 1. The molecule has 0 aromatic carbocycles. The average Bonchev–Trinajstić information content (AvgIpc) is 2.43. The third kappa shape index (κ3) is 4.48. The highest BCUT2D eigenvalue weighted by Gasteiger charge is 2.37. The van der Waals surface area contributed by atoms with Crippen molar-refractivity contribution in [3.63, 3.8) is 0 Å². The number of rotatable bonds is 5. The number of hydrogen-bond acceptors (Lipinski definition) is 6. The second-order valence-corrected chi connectivity index (χ2v) is 8.28. The van der Waals surface area contributed by atoms with Crippen LogP contribution in [0.1, 0.15) is 13.8 Å². The monoisotopic (exact) mass is 340 g/mol. The van der Waals surface area contributed by atoms with Gasteiger partial charge in [-0.15, -0.1) is 0 Å². The van der Waals surface area contributed by atoms with Gasteiger partial charge in [-0.05, 0) is 6.92 Å². The second-order valence-electron chi connectivity index (χ2n) is 4.68. The van der Waals surface area contributed by atoms with Crippen LogP contribution in [0.15, 0.2) is 0 Å². The van der Waals surface area contributed by atoms with Gasteiger partial charge in [-0.2, -0.15) is 11.8 Å². The van der Waals surface area contributed by atoms with Crippen LogP contribution in [0.3, 0.4) is 0 Å². The van der Waals surface area contributed by atoms with Crippen molar-refractivity contribution in [2.24, 2.45) is 0 Å². The van der Waals surface area contributed by atoms with E-state index in [4.69, 9.17) is 5.11 Å². The predicted molar refractivity (Wildman–Crippen MR) is 78.9 cm³/mol. The first-order valence-electron chi connectivity index (χ1n) is 6.48. The fraction of sp³-hybridized carbons (Fsp3) is 0.818. The van der Waals surface area contributed by atoms with Gasteiger partial charge in [0.05, 0.1) is 6.10 Å². The molecule has 1 fully saturated rings. The SMILES string of the molecule is CCS(=O)(=O)C1CSCCN1C(=O)N[C@H](C(=O)O)[C@@H](C)O. The van der Waals surface area contributed by atoms with E-state index in [0.717, 1.165) is 4.90 Å². The molecule has 0 saturated carbocycles. The van der Waals surface area contributed by atoms with Gasteiger partial charge in [-0.3, -0.25) is 0 Å². The fourth-order valence-corrected chi connectivity index (χ4v) is 4.87. The number of sulfone groups is 1. The summed E-state index contributed by atoms with van der Waals surface area (Å²) >= 11 is 1.43. The van der Waals surface area contributed by atoms with E-state index in [-0.39, 0.29) is 18.1 Å². The Morgan fingerprint density at radius 3 is 2.57 bits per heavy atom. The summed E-state index contributed by atoms with van der Waals surface area (Å²) in [5.74, 6) is -0.633. The Kier molecular flexibility index (Phi) is 6.29. The Morgan fingerprint density at radius 1 is 1.48 bits per heavy atom. The van der Waals surface area contributed by atoms with Gasteiger partial charge in [0, 0.05) is 23.8 Å². The number of carboxylic acid groups (broad SMARTS) is 1. The molecule has 122 valence electrons. The number of hydrogen-bond donors (Lipinski definition) is 3. The van der Waals surface area contributed by atoms with Gasteiger partial charge in [0.25, 0.3) is 0 Å². The minimum atomic E-state index is -3.46. The highest BCUT2D eigenvalue weighted by Crippen LogP contribution is 2.21. The number of nitrogens with zero attached hydrogens (tertiary/aromatic N) is 1. The molecule has 10 heteroatoms. The molecule has 0 spiro atoms. The molecule has 8 nitrogen and oxygen atoms in total. The Bertz CT molecular complexity index is 493. The van der Waals surface area contributed by atoms with Crippen LogP contribution in [0, 0.1) is 0 Å². The quantitative estimate of drug-likeness (QED) is 0.607. The highest BCUT2D eigenvalue weighted by atomic mass is 32.2. The molecule has 1 aliphatic heterocycles. The summed E-state index contributed by atoms with van der Waals surface area (Å²) in [4.78, 5) is 24.3. The Balaban J connectivity index is 2.90. The zero-order chi connectivity index (χ0) is 16.2. The molecule has 0 radical (unpaired) electrons. The van der Waals surface area contributed by atoms with Crippen LogP contribution in [-0.4, -0.2) is 76.9 Å². The van der Waals surface area contributed by atoms with Gasteiger partial charge < -0.3 is 20.4 Å². The van der Waals surface area contributed by atoms with E-state index in [2.05, 4.69) is 5.32 Å². The lowest BCUT2D eigenvalue weighted by atomic mass is 10.2. The minimum Gasteiger partial charge on any atom is -0.480 e. The number of thioether (sulfide) groups is 1. The first-order chi connectivity index (χ1) is 9.70. The van der Waals surface area contributed by atoms with E-state index in [0.29, 0.717) is 5.75 Å². The van der Waals surface area contributed by atoms with Gasteiger partial charge in [0.2, 0.25) is 0 Å². The molecule has 1 heterocycles. The fourth-order valence-electron chi connectivity index (χ4n) is 1.91. The summed E-state index contributed by atoms with van der Waals surface area (Å²) in [5, 5.41) is 19.5. The topological polar surface area (TPSA) is 124 Å². The number of amides is 2. The van der Waals surface area contributed by atoms with Crippen LogP contribution in [0.25, 0.3) is 0 Å². The zero-order valence-corrected chi connectivity index (χ0v) is 13.5. The van der Waals surface area contributed by atoms with Crippen molar-refractivity contribution in [3.8, 4) is 0 Å². The van der Waals surface area contributed by atoms with Crippen molar-refractivity contribution in [1.82, 2.24) is 10.2 Å². The largest absolute Gasteiger partial charge is 0.480 e. The molecule has 0 aromatic heterocycles. The first kappa shape index (κ1) is 18.1. The summed E-state index contributed by atoms with van der Waals surface area (Å²) in [5.41, 5.74) is 0. The molecule has 1 aliphatic rings. The average molecular weight is 340 g/mol. The van der Waals surface area contributed by atoms with Crippen molar-refractivity contribution in [1.29, 1.82) is 0 Å². The van der Waals surface area contributed by atoms with Crippen molar-refractivity contribution < 1.29 is 28.2 Å². The summed E-state index contributed by atoms with van der Waals surface area (Å²) < 4.78 is 24.0. The number of aliphatic carboxylic acids is 1. The molecule has 3 atom stereocenters. The maximum absolute atomic E-state index is 12.2. The zero-order valence-electron chi connectivity index (χ0n) is 11.9. The number of nitrogens with one attached hydrogen (secondary N) is 1. The van der Waals surface area contributed by atoms with E-state index in [9.17, 15) is 23.1 Å². The summed E-state index contributed by atoms with van der Waals surface area (Å²) in [6.45, 7) is 2.96. The molecule has 1 rings (SSSR count). The minimum absolute atomic E-state index is 0.0965. The van der Waals surface area contributed by atoms with E-state index in [1.807, 2.05) is 0 Å². The van der Waals surface area contributed by atoms with Crippen molar-refractivity contribution in [2.45, 2.75) is 31.4 Å². The maximum atomic E-state index is 12.2. The lowest BCUT2D eigenvalue weighted by Crippen LogP contribution is -2.58. The standard InChI is InChI=1S/C11H20N2O6S2/c1-3-21(18,19)8-6-20-5-4-13(8)11(17)12-9(7(2)14)10(15)16/h7-9,14H,3-6H2,1-2H3,(H,12,17)(H,15,16)/t7-,8?,9+/m1/s1. The number of carbonyl (C=O) groups is 2. The van der Waals surface area contributed by atoms with Gasteiger partial charge in [-0.1, -0.05) is 6.92 Å². The Hall–Kier alpha value is -1.00. The Labute approximate surface area is 127 Å². The third-order valence-electron chi connectivity index (χ3n) is 3.19. The van der Waals surface area contributed by atoms with Crippen LogP contribution in [0.2, 0.25) is 0 Å². The third-order valence-corrected chi connectivity index (χ3v) is 6.48. The lowest BCUT2D eigenvalue weighted by Gasteiger charge is -2.35.